The van der Waals surface area contributed by atoms with Crippen LogP contribution in [0.5, 0.6) is 5.75 Å². The molecule has 0 aliphatic heterocycles. The van der Waals surface area contributed by atoms with Crippen LogP contribution in [0.3, 0.4) is 0 Å². The van der Waals surface area contributed by atoms with Gasteiger partial charge >= 0.3 is 5.97 Å². The molecular formula is C12H14O3. The first-order chi connectivity index (χ1) is 7.20. The topological polar surface area (TPSA) is 35.5 Å². The number of benzene rings is 1. The average molecular weight is 206 g/mol. The molecule has 0 atom stereocenters. The van der Waals surface area contributed by atoms with E-state index in [1.54, 1.807) is 12.1 Å². The van der Waals surface area contributed by atoms with Crippen LogP contribution >= 0.6 is 0 Å². The molecule has 1 rings (SSSR count). The number of aryl methyl sites for hydroxylation is 1. The van der Waals surface area contributed by atoms with E-state index < -0.39 is 0 Å². The van der Waals surface area contributed by atoms with Gasteiger partial charge in [-0.05, 0) is 18.6 Å². The number of hydrogen-bond acceptors (Lipinski definition) is 3. The molecule has 3 heteroatoms. The average Bonchev–Trinajstić information content (AvgIpc) is 2.25. The van der Waals surface area contributed by atoms with Crippen LogP contribution < -0.4 is 4.74 Å². The van der Waals surface area contributed by atoms with Gasteiger partial charge in [0.15, 0.2) is 0 Å². The lowest BCUT2D eigenvalue weighted by Crippen LogP contribution is -2.07. The van der Waals surface area contributed by atoms with Crippen LogP contribution in [0.15, 0.2) is 30.9 Å². The van der Waals surface area contributed by atoms with Gasteiger partial charge in [-0.2, -0.15) is 0 Å². The lowest BCUT2D eigenvalue weighted by atomic mass is 10.1. The van der Waals surface area contributed by atoms with E-state index in [2.05, 4.69) is 6.58 Å². The van der Waals surface area contributed by atoms with E-state index in [0.29, 0.717) is 17.9 Å². The highest BCUT2D eigenvalue weighted by molar-refractivity contribution is 5.94. The van der Waals surface area contributed by atoms with E-state index in [9.17, 15) is 4.79 Å². The van der Waals surface area contributed by atoms with Crippen molar-refractivity contribution in [3.8, 4) is 5.75 Å². The van der Waals surface area contributed by atoms with Crippen molar-refractivity contribution in [2.75, 3.05) is 13.7 Å². The SMILES string of the molecule is C=CCOc1cccc(C)c1C(=O)OC. The third-order valence-electron chi connectivity index (χ3n) is 1.98. The molecule has 0 bridgehead atoms. The minimum absolute atomic E-state index is 0.368. The lowest BCUT2D eigenvalue weighted by molar-refractivity contribution is 0.0595. The molecule has 0 amide bonds. The summed E-state index contributed by atoms with van der Waals surface area (Å²) in [6.45, 7) is 5.76. The lowest BCUT2D eigenvalue weighted by Gasteiger charge is -2.10. The molecule has 0 spiro atoms. The Labute approximate surface area is 89.3 Å². The number of ether oxygens (including phenoxy) is 2. The summed E-state index contributed by atoms with van der Waals surface area (Å²) in [4.78, 5) is 11.5. The van der Waals surface area contributed by atoms with Gasteiger partial charge in [-0.25, -0.2) is 4.79 Å². The predicted molar refractivity (Wildman–Crippen MR) is 58.2 cm³/mol. The fraction of sp³-hybridized carbons (Fsp3) is 0.250. The smallest absolute Gasteiger partial charge is 0.341 e. The van der Waals surface area contributed by atoms with Crippen LogP contribution in [0.25, 0.3) is 0 Å². The Kier molecular flexibility index (Phi) is 3.92. The third kappa shape index (κ3) is 2.59. The monoisotopic (exact) mass is 206 g/mol. The van der Waals surface area contributed by atoms with Crippen molar-refractivity contribution < 1.29 is 14.3 Å². The van der Waals surface area contributed by atoms with Crippen molar-refractivity contribution in [1.29, 1.82) is 0 Å². The van der Waals surface area contributed by atoms with E-state index >= 15 is 0 Å². The van der Waals surface area contributed by atoms with Crippen molar-refractivity contribution in [2.45, 2.75) is 6.92 Å². The molecule has 3 nitrogen and oxygen atoms in total. The first-order valence-corrected chi connectivity index (χ1v) is 4.62. The molecule has 0 aliphatic carbocycles. The zero-order valence-electron chi connectivity index (χ0n) is 8.95. The van der Waals surface area contributed by atoms with Gasteiger partial charge in [0.2, 0.25) is 0 Å². The van der Waals surface area contributed by atoms with Crippen molar-refractivity contribution in [2.24, 2.45) is 0 Å². The Morgan fingerprint density at radius 2 is 2.27 bits per heavy atom. The Balaban J connectivity index is 3.08. The zero-order chi connectivity index (χ0) is 11.3. The Hall–Kier alpha value is -1.77. The number of methoxy groups -OCH3 is 1. The van der Waals surface area contributed by atoms with Crippen LogP contribution in [0.4, 0.5) is 0 Å². The van der Waals surface area contributed by atoms with Gasteiger partial charge < -0.3 is 9.47 Å². The van der Waals surface area contributed by atoms with Gasteiger partial charge in [0, 0.05) is 0 Å². The second-order valence-corrected chi connectivity index (χ2v) is 3.04. The molecule has 0 aromatic heterocycles. The number of esters is 1. The van der Waals surface area contributed by atoms with Crippen molar-refractivity contribution in [3.05, 3.63) is 42.0 Å². The first-order valence-electron chi connectivity index (χ1n) is 4.62. The fourth-order valence-electron chi connectivity index (χ4n) is 1.27. The van der Waals surface area contributed by atoms with Crippen molar-refractivity contribution in [1.82, 2.24) is 0 Å². The Morgan fingerprint density at radius 1 is 1.53 bits per heavy atom. The summed E-state index contributed by atoms with van der Waals surface area (Å²) in [5.41, 5.74) is 1.31. The minimum Gasteiger partial charge on any atom is -0.489 e. The molecule has 0 fully saturated rings. The van der Waals surface area contributed by atoms with E-state index in [-0.39, 0.29) is 5.97 Å². The number of carbonyl (C=O) groups is 1. The fourth-order valence-corrected chi connectivity index (χ4v) is 1.27. The summed E-state index contributed by atoms with van der Waals surface area (Å²) in [7, 11) is 1.35. The zero-order valence-corrected chi connectivity index (χ0v) is 8.95. The Bertz CT molecular complexity index is 369. The van der Waals surface area contributed by atoms with Crippen molar-refractivity contribution in [3.63, 3.8) is 0 Å². The second-order valence-electron chi connectivity index (χ2n) is 3.04. The quantitative estimate of drug-likeness (QED) is 0.560. The largest absolute Gasteiger partial charge is 0.489 e. The molecule has 0 aliphatic rings. The molecule has 0 radical (unpaired) electrons. The summed E-state index contributed by atoms with van der Waals surface area (Å²) < 4.78 is 10.1. The minimum atomic E-state index is -0.382. The third-order valence-corrected chi connectivity index (χ3v) is 1.98. The van der Waals surface area contributed by atoms with Gasteiger partial charge in [0.25, 0.3) is 0 Å². The normalized spacial score (nSPS) is 9.47. The van der Waals surface area contributed by atoms with Crippen LogP contribution in [-0.4, -0.2) is 19.7 Å². The van der Waals surface area contributed by atoms with Crippen LogP contribution in [-0.2, 0) is 4.74 Å². The highest BCUT2D eigenvalue weighted by Gasteiger charge is 2.15. The van der Waals surface area contributed by atoms with E-state index in [0.717, 1.165) is 5.56 Å². The van der Waals surface area contributed by atoms with Gasteiger partial charge in [-0.1, -0.05) is 24.8 Å². The number of rotatable bonds is 4. The number of hydrogen-bond donors (Lipinski definition) is 0. The van der Waals surface area contributed by atoms with Crippen molar-refractivity contribution >= 4 is 5.97 Å². The van der Waals surface area contributed by atoms with Gasteiger partial charge in [0.1, 0.15) is 17.9 Å². The molecule has 80 valence electrons. The molecule has 1 aromatic carbocycles. The van der Waals surface area contributed by atoms with Crippen LogP contribution in [0.2, 0.25) is 0 Å². The molecule has 1 aromatic rings. The van der Waals surface area contributed by atoms with Gasteiger partial charge in [0.05, 0.1) is 7.11 Å². The summed E-state index contributed by atoms with van der Waals surface area (Å²) in [6, 6.07) is 5.41. The molecule has 15 heavy (non-hydrogen) atoms. The maximum Gasteiger partial charge on any atom is 0.341 e. The van der Waals surface area contributed by atoms with Gasteiger partial charge in [-0.15, -0.1) is 0 Å². The summed E-state index contributed by atoms with van der Waals surface area (Å²) >= 11 is 0. The van der Waals surface area contributed by atoms with Crippen LogP contribution in [0.1, 0.15) is 15.9 Å². The van der Waals surface area contributed by atoms with E-state index in [1.807, 2.05) is 19.1 Å². The predicted octanol–water partition coefficient (Wildman–Crippen LogP) is 2.35. The highest BCUT2D eigenvalue weighted by Crippen LogP contribution is 2.22. The summed E-state index contributed by atoms with van der Waals surface area (Å²) in [5.74, 6) is 0.147. The molecule has 0 unspecified atom stereocenters. The van der Waals surface area contributed by atoms with E-state index in [1.165, 1.54) is 7.11 Å². The molecule has 0 heterocycles. The van der Waals surface area contributed by atoms with Crippen LogP contribution in [0, 0.1) is 6.92 Å². The maximum atomic E-state index is 11.5. The summed E-state index contributed by atoms with van der Waals surface area (Å²) in [5, 5.41) is 0. The molecule has 0 saturated carbocycles. The first kappa shape index (κ1) is 11.3. The highest BCUT2D eigenvalue weighted by atomic mass is 16.5. The maximum absolute atomic E-state index is 11.5. The molecule has 0 N–H and O–H groups in total. The van der Waals surface area contributed by atoms with E-state index in [4.69, 9.17) is 9.47 Å². The standard InChI is InChI=1S/C12H14O3/c1-4-8-15-10-7-5-6-9(2)11(10)12(13)14-3/h4-7H,1,8H2,2-3H3. The van der Waals surface area contributed by atoms with Gasteiger partial charge in [-0.3, -0.25) is 0 Å². The molecule has 0 saturated heterocycles. The molecular weight excluding hydrogens is 192 g/mol. The summed E-state index contributed by atoms with van der Waals surface area (Å²) in [6.07, 6.45) is 1.63. The number of carbonyl (C=O) groups excluding carboxylic acids is 1. The Morgan fingerprint density at radius 3 is 2.87 bits per heavy atom. The second kappa shape index (κ2) is 5.20.